The molecule has 1 saturated carbocycles. The SMILES string of the molecule is Cc1ccc(P(=O)(O[C@@H]2C[C@@H](C)CC[C@H]2C(C)C)c2ccccc2)cc1. The Hall–Kier alpha value is -1.37. The zero-order valence-electron chi connectivity index (χ0n) is 16.4. The monoisotopic (exact) mass is 370 g/mol. The highest BCUT2D eigenvalue weighted by Crippen LogP contribution is 2.50. The second-order valence-corrected chi connectivity index (χ2v) is 10.5. The van der Waals surface area contributed by atoms with E-state index in [1.807, 2.05) is 54.6 Å². The van der Waals surface area contributed by atoms with Crippen LogP contribution in [0.1, 0.15) is 45.6 Å². The van der Waals surface area contributed by atoms with E-state index in [1.54, 1.807) is 0 Å². The first-order valence-electron chi connectivity index (χ1n) is 9.81. The van der Waals surface area contributed by atoms with Crippen molar-refractivity contribution in [1.29, 1.82) is 0 Å². The quantitative estimate of drug-likeness (QED) is 0.631. The zero-order valence-corrected chi connectivity index (χ0v) is 17.3. The first-order chi connectivity index (χ1) is 12.4. The molecule has 0 radical (unpaired) electrons. The molecule has 4 atom stereocenters. The number of benzene rings is 2. The van der Waals surface area contributed by atoms with E-state index < -0.39 is 7.37 Å². The van der Waals surface area contributed by atoms with E-state index in [1.165, 1.54) is 12.0 Å². The van der Waals surface area contributed by atoms with Crippen molar-refractivity contribution in [1.82, 2.24) is 0 Å². The molecule has 0 N–H and O–H groups in total. The zero-order chi connectivity index (χ0) is 18.7. The van der Waals surface area contributed by atoms with Crippen LogP contribution in [0.3, 0.4) is 0 Å². The van der Waals surface area contributed by atoms with Gasteiger partial charge in [0.05, 0.1) is 6.10 Å². The lowest BCUT2D eigenvalue weighted by Crippen LogP contribution is -2.36. The van der Waals surface area contributed by atoms with Gasteiger partial charge in [-0.15, -0.1) is 0 Å². The van der Waals surface area contributed by atoms with Gasteiger partial charge in [-0.05, 0) is 61.8 Å². The molecular weight excluding hydrogens is 339 g/mol. The molecule has 0 amide bonds. The third-order valence-electron chi connectivity index (χ3n) is 5.72. The molecule has 0 bridgehead atoms. The molecule has 2 nitrogen and oxygen atoms in total. The second kappa shape index (κ2) is 8.11. The smallest absolute Gasteiger partial charge is 0.261 e. The minimum atomic E-state index is -3.12. The molecule has 1 aliphatic rings. The average Bonchev–Trinajstić information content (AvgIpc) is 2.62. The summed E-state index contributed by atoms with van der Waals surface area (Å²) in [5, 5.41) is 1.60. The molecule has 26 heavy (non-hydrogen) atoms. The van der Waals surface area contributed by atoms with Crippen LogP contribution in [0.5, 0.6) is 0 Å². The van der Waals surface area contributed by atoms with Crippen molar-refractivity contribution in [2.75, 3.05) is 0 Å². The van der Waals surface area contributed by atoms with Gasteiger partial charge in [-0.2, -0.15) is 0 Å². The highest BCUT2D eigenvalue weighted by molar-refractivity contribution is 7.74. The van der Waals surface area contributed by atoms with Crippen molar-refractivity contribution in [3.8, 4) is 0 Å². The van der Waals surface area contributed by atoms with Crippen molar-refractivity contribution in [2.45, 2.75) is 53.1 Å². The molecule has 3 rings (SSSR count). The van der Waals surface area contributed by atoms with E-state index in [4.69, 9.17) is 4.52 Å². The molecule has 0 spiro atoms. The fraction of sp³-hybridized carbons (Fsp3) is 0.478. The summed E-state index contributed by atoms with van der Waals surface area (Å²) in [6.45, 7) is 8.86. The van der Waals surface area contributed by atoms with Gasteiger partial charge < -0.3 is 4.52 Å². The van der Waals surface area contributed by atoms with Crippen LogP contribution >= 0.6 is 7.37 Å². The summed E-state index contributed by atoms with van der Waals surface area (Å²) in [5.74, 6) is 1.63. The summed E-state index contributed by atoms with van der Waals surface area (Å²) in [4.78, 5) is 0. The first-order valence-corrected chi connectivity index (χ1v) is 11.4. The largest absolute Gasteiger partial charge is 0.318 e. The fourth-order valence-corrected chi connectivity index (χ4v) is 6.33. The molecule has 1 unspecified atom stereocenters. The van der Waals surface area contributed by atoms with E-state index in [-0.39, 0.29) is 6.10 Å². The molecule has 0 aliphatic heterocycles. The summed E-state index contributed by atoms with van der Waals surface area (Å²) in [5.41, 5.74) is 1.17. The summed E-state index contributed by atoms with van der Waals surface area (Å²) < 4.78 is 20.8. The second-order valence-electron chi connectivity index (χ2n) is 8.19. The Morgan fingerprint density at radius 1 is 0.962 bits per heavy atom. The maximum Gasteiger partial charge on any atom is 0.261 e. The Morgan fingerprint density at radius 3 is 2.19 bits per heavy atom. The van der Waals surface area contributed by atoms with Gasteiger partial charge in [0, 0.05) is 10.6 Å². The van der Waals surface area contributed by atoms with Crippen molar-refractivity contribution in [3.05, 3.63) is 60.2 Å². The predicted octanol–water partition coefficient (Wildman–Crippen LogP) is 5.70. The van der Waals surface area contributed by atoms with Gasteiger partial charge >= 0.3 is 0 Å². The summed E-state index contributed by atoms with van der Waals surface area (Å²) in [6, 6.07) is 17.7. The van der Waals surface area contributed by atoms with Crippen LogP contribution in [0.4, 0.5) is 0 Å². The summed E-state index contributed by atoms with van der Waals surface area (Å²) in [6.07, 6.45) is 3.44. The number of aryl methyl sites for hydroxylation is 1. The third kappa shape index (κ3) is 4.13. The van der Waals surface area contributed by atoms with Crippen LogP contribution < -0.4 is 10.6 Å². The molecule has 0 aromatic heterocycles. The predicted molar refractivity (Wildman–Crippen MR) is 111 cm³/mol. The molecule has 2 aromatic rings. The van der Waals surface area contributed by atoms with Gasteiger partial charge in [-0.1, -0.05) is 63.1 Å². The van der Waals surface area contributed by atoms with Crippen LogP contribution in [0.15, 0.2) is 54.6 Å². The summed E-state index contributed by atoms with van der Waals surface area (Å²) in [7, 11) is -3.12. The van der Waals surface area contributed by atoms with Gasteiger partial charge in [0.1, 0.15) is 0 Å². The third-order valence-corrected chi connectivity index (χ3v) is 8.24. The van der Waals surface area contributed by atoms with Crippen molar-refractivity contribution >= 4 is 18.0 Å². The van der Waals surface area contributed by atoms with E-state index in [0.29, 0.717) is 17.8 Å². The van der Waals surface area contributed by atoms with Crippen LogP contribution in [0, 0.1) is 24.7 Å². The van der Waals surface area contributed by atoms with E-state index in [9.17, 15) is 4.57 Å². The lowest BCUT2D eigenvalue weighted by Gasteiger charge is -2.39. The van der Waals surface area contributed by atoms with Crippen LogP contribution in [0.2, 0.25) is 0 Å². The Bertz CT molecular complexity index is 752. The number of hydrogen-bond acceptors (Lipinski definition) is 2. The molecule has 2 aromatic carbocycles. The first kappa shape index (κ1) is 19.4. The lowest BCUT2D eigenvalue weighted by atomic mass is 9.75. The van der Waals surface area contributed by atoms with Crippen LogP contribution in [-0.2, 0) is 9.09 Å². The van der Waals surface area contributed by atoms with Crippen LogP contribution in [-0.4, -0.2) is 6.10 Å². The molecular formula is C23H31O2P. The Balaban J connectivity index is 2.01. The Morgan fingerprint density at radius 2 is 1.58 bits per heavy atom. The van der Waals surface area contributed by atoms with Gasteiger partial charge in [0.15, 0.2) is 0 Å². The number of hydrogen-bond donors (Lipinski definition) is 0. The average molecular weight is 370 g/mol. The highest BCUT2D eigenvalue weighted by Gasteiger charge is 2.38. The number of rotatable bonds is 5. The molecule has 0 saturated heterocycles. The maximum atomic E-state index is 14.2. The van der Waals surface area contributed by atoms with Crippen LogP contribution in [0.25, 0.3) is 0 Å². The van der Waals surface area contributed by atoms with E-state index >= 15 is 0 Å². The van der Waals surface area contributed by atoms with Gasteiger partial charge in [-0.3, -0.25) is 4.57 Å². The topological polar surface area (TPSA) is 26.3 Å². The van der Waals surface area contributed by atoms with Gasteiger partial charge in [0.25, 0.3) is 7.37 Å². The van der Waals surface area contributed by atoms with Crippen molar-refractivity contribution in [3.63, 3.8) is 0 Å². The lowest BCUT2D eigenvalue weighted by molar-refractivity contribution is 0.0514. The van der Waals surface area contributed by atoms with Crippen molar-refractivity contribution in [2.24, 2.45) is 17.8 Å². The summed E-state index contributed by atoms with van der Waals surface area (Å²) >= 11 is 0. The highest BCUT2D eigenvalue weighted by atomic mass is 31.2. The minimum Gasteiger partial charge on any atom is -0.318 e. The van der Waals surface area contributed by atoms with E-state index in [2.05, 4.69) is 27.7 Å². The van der Waals surface area contributed by atoms with E-state index in [0.717, 1.165) is 23.5 Å². The van der Waals surface area contributed by atoms with Gasteiger partial charge in [-0.25, -0.2) is 0 Å². The molecule has 3 heteroatoms. The van der Waals surface area contributed by atoms with Gasteiger partial charge in [0.2, 0.25) is 0 Å². The normalized spacial score (nSPS) is 25.8. The fourth-order valence-electron chi connectivity index (χ4n) is 4.06. The Kier molecular flexibility index (Phi) is 6.05. The maximum absolute atomic E-state index is 14.2. The minimum absolute atomic E-state index is 0.0473. The molecule has 0 heterocycles. The Labute approximate surface area is 158 Å². The molecule has 140 valence electrons. The standard InChI is InChI=1S/C23H31O2P/c1-17(2)22-15-12-19(4)16-23(22)25-26(24,20-8-6-5-7-9-20)21-13-10-18(3)11-14-21/h5-11,13-14,17,19,22-23H,12,15-16H2,1-4H3/t19-,22-,23+,26?/m0/s1. The molecule has 1 fully saturated rings. The molecule has 1 aliphatic carbocycles. The van der Waals surface area contributed by atoms with Crippen molar-refractivity contribution < 1.29 is 9.09 Å².